The van der Waals surface area contributed by atoms with Crippen molar-refractivity contribution < 1.29 is 0 Å². The van der Waals surface area contributed by atoms with Crippen LogP contribution in [0.5, 0.6) is 0 Å². The molecule has 80 valence electrons. The Morgan fingerprint density at radius 3 is 2.57 bits per heavy atom. The minimum Gasteiger partial charge on any atom is -0.271 e. The third-order valence-electron chi connectivity index (χ3n) is 2.38. The fourth-order valence-electron chi connectivity index (χ4n) is 1.49. The van der Waals surface area contributed by atoms with E-state index < -0.39 is 0 Å². The first-order valence-corrected chi connectivity index (χ1v) is 6.51. The monoisotopic (exact) mass is 306 g/mol. The smallest absolute Gasteiger partial charge is 0.126 e. The lowest BCUT2D eigenvalue weighted by atomic mass is 10.1. The molecule has 0 fully saturated rings. The molecule has 0 atom stereocenters. The van der Waals surface area contributed by atoms with Gasteiger partial charge in [-0.3, -0.25) is 4.68 Å². The maximum absolute atomic E-state index is 4.43. The second kappa shape index (κ2) is 6.43. The molecular formula is C11H19IN2. The Morgan fingerprint density at radius 2 is 2.00 bits per heavy atom. The van der Waals surface area contributed by atoms with Crippen LogP contribution in [0.1, 0.15) is 44.6 Å². The average Bonchev–Trinajstić information content (AvgIpc) is 2.46. The van der Waals surface area contributed by atoms with E-state index in [0.717, 1.165) is 10.2 Å². The molecule has 0 saturated carbocycles. The maximum Gasteiger partial charge on any atom is 0.126 e. The Labute approximate surface area is 100 Å². The molecule has 0 N–H and O–H groups in total. The molecule has 0 spiro atoms. The number of aryl methyl sites for hydroxylation is 2. The Balaban J connectivity index is 2.18. The van der Waals surface area contributed by atoms with E-state index in [2.05, 4.69) is 52.4 Å². The third-order valence-corrected chi connectivity index (χ3v) is 3.44. The first-order valence-electron chi connectivity index (χ1n) is 5.43. The van der Waals surface area contributed by atoms with Gasteiger partial charge < -0.3 is 0 Å². The van der Waals surface area contributed by atoms with Crippen molar-refractivity contribution in [3.63, 3.8) is 0 Å². The van der Waals surface area contributed by atoms with Crippen LogP contribution in [0.3, 0.4) is 0 Å². The summed E-state index contributed by atoms with van der Waals surface area (Å²) in [5, 5.41) is 4.43. The van der Waals surface area contributed by atoms with Crippen LogP contribution in [0.4, 0.5) is 0 Å². The molecule has 1 rings (SSSR count). The predicted molar refractivity (Wildman–Crippen MR) is 68.4 cm³/mol. The number of unbranched alkanes of at least 4 members (excludes halogenated alkanes) is 4. The molecule has 0 amide bonds. The van der Waals surface area contributed by atoms with Gasteiger partial charge in [0.25, 0.3) is 0 Å². The van der Waals surface area contributed by atoms with Gasteiger partial charge in [-0.05, 0) is 35.9 Å². The van der Waals surface area contributed by atoms with Gasteiger partial charge in [0.1, 0.15) is 3.70 Å². The Kier molecular flexibility index (Phi) is 5.52. The number of aromatic nitrogens is 2. The molecule has 1 heterocycles. The summed E-state index contributed by atoms with van der Waals surface area (Å²) >= 11 is 2.29. The van der Waals surface area contributed by atoms with Crippen LogP contribution in [-0.4, -0.2) is 9.78 Å². The van der Waals surface area contributed by atoms with Crippen molar-refractivity contribution in [1.82, 2.24) is 9.78 Å². The largest absolute Gasteiger partial charge is 0.271 e. The zero-order valence-corrected chi connectivity index (χ0v) is 11.2. The molecule has 1 aromatic heterocycles. The minimum atomic E-state index is 1.08. The molecule has 0 aromatic carbocycles. The summed E-state index contributed by atoms with van der Waals surface area (Å²) < 4.78 is 3.21. The fourth-order valence-corrected chi connectivity index (χ4v) is 1.91. The van der Waals surface area contributed by atoms with E-state index in [1.54, 1.807) is 0 Å². The van der Waals surface area contributed by atoms with Crippen LogP contribution in [0.25, 0.3) is 0 Å². The van der Waals surface area contributed by atoms with Crippen molar-refractivity contribution in [3.05, 3.63) is 15.5 Å². The van der Waals surface area contributed by atoms with E-state index in [1.165, 1.54) is 37.7 Å². The van der Waals surface area contributed by atoms with Crippen molar-refractivity contribution >= 4 is 22.6 Å². The number of nitrogens with zero attached hydrogens (tertiary/aromatic N) is 2. The second-order valence-corrected chi connectivity index (χ2v) is 4.80. The van der Waals surface area contributed by atoms with Crippen molar-refractivity contribution in [1.29, 1.82) is 0 Å². The molecule has 0 saturated heterocycles. The van der Waals surface area contributed by atoms with Gasteiger partial charge in [0.05, 0.1) is 0 Å². The van der Waals surface area contributed by atoms with Crippen LogP contribution in [0.15, 0.2) is 6.20 Å². The Bertz CT molecular complexity index is 249. The number of hydrogen-bond donors (Lipinski definition) is 0. The molecule has 0 aliphatic carbocycles. The van der Waals surface area contributed by atoms with Gasteiger partial charge in [-0.15, -0.1) is 0 Å². The van der Waals surface area contributed by atoms with Gasteiger partial charge in [-0.25, -0.2) is 0 Å². The predicted octanol–water partition coefficient (Wildman–Crippen LogP) is 3.77. The summed E-state index contributed by atoms with van der Waals surface area (Å²) in [6, 6.07) is 0. The van der Waals surface area contributed by atoms with Gasteiger partial charge in [-0.1, -0.05) is 32.6 Å². The molecule has 0 radical (unpaired) electrons. The van der Waals surface area contributed by atoms with Crippen LogP contribution < -0.4 is 0 Å². The highest BCUT2D eigenvalue weighted by Gasteiger charge is 2.00. The summed E-state index contributed by atoms with van der Waals surface area (Å²) in [6.45, 7) is 5.44. The van der Waals surface area contributed by atoms with Crippen molar-refractivity contribution in [2.45, 2.75) is 52.5 Å². The van der Waals surface area contributed by atoms with Crippen molar-refractivity contribution in [2.75, 3.05) is 0 Å². The quantitative estimate of drug-likeness (QED) is 0.578. The lowest BCUT2D eigenvalue weighted by Gasteiger charge is -2.00. The third kappa shape index (κ3) is 3.98. The fraction of sp³-hybridized carbons (Fsp3) is 0.727. The summed E-state index contributed by atoms with van der Waals surface area (Å²) in [6.07, 6.45) is 8.80. The molecule has 3 heteroatoms. The van der Waals surface area contributed by atoms with Crippen LogP contribution in [0, 0.1) is 10.6 Å². The molecular weight excluding hydrogens is 287 g/mol. The lowest BCUT2D eigenvalue weighted by Crippen LogP contribution is -1.98. The normalized spacial score (nSPS) is 10.8. The first kappa shape index (κ1) is 12.0. The zero-order chi connectivity index (χ0) is 10.4. The molecule has 1 aromatic rings. The minimum absolute atomic E-state index is 1.08. The van der Waals surface area contributed by atoms with Crippen LogP contribution in [-0.2, 0) is 6.54 Å². The van der Waals surface area contributed by atoms with Gasteiger partial charge in [-0.2, -0.15) is 5.10 Å². The summed E-state index contributed by atoms with van der Waals surface area (Å²) in [5.74, 6) is 0. The van der Waals surface area contributed by atoms with Crippen molar-refractivity contribution in [3.8, 4) is 0 Å². The average molecular weight is 306 g/mol. The highest BCUT2D eigenvalue weighted by molar-refractivity contribution is 14.1. The Morgan fingerprint density at radius 1 is 1.29 bits per heavy atom. The van der Waals surface area contributed by atoms with Gasteiger partial charge in [0.2, 0.25) is 0 Å². The zero-order valence-electron chi connectivity index (χ0n) is 9.09. The molecule has 0 bridgehead atoms. The van der Waals surface area contributed by atoms with E-state index in [1.807, 2.05) is 0 Å². The van der Waals surface area contributed by atoms with Gasteiger partial charge in [0, 0.05) is 18.3 Å². The van der Waals surface area contributed by atoms with E-state index in [4.69, 9.17) is 0 Å². The molecule has 0 aliphatic rings. The van der Waals surface area contributed by atoms with Crippen LogP contribution in [0.2, 0.25) is 0 Å². The van der Waals surface area contributed by atoms with E-state index in [0.29, 0.717) is 0 Å². The topological polar surface area (TPSA) is 17.8 Å². The molecule has 0 aliphatic heterocycles. The van der Waals surface area contributed by atoms with Gasteiger partial charge in [0.15, 0.2) is 0 Å². The molecule has 2 nitrogen and oxygen atoms in total. The summed E-state index contributed by atoms with van der Waals surface area (Å²) in [7, 11) is 0. The number of hydrogen-bond acceptors (Lipinski definition) is 1. The SMILES string of the molecule is CCCCCCCn1cc(C)c(I)n1. The Hall–Kier alpha value is -0.0600. The number of rotatable bonds is 6. The molecule has 0 unspecified atom stereocenters. The van der Waals surface area contributed by atoms with Gasteiger partial charge >= 0.3 is 0 Å². The summed E-state index contributed by atoms with van der Waals surface area (Å²) in [4.78, 5) is 0. The standard InChI is InChI=1S/C11H19IN2/c1-3-4-5-6-7-8-14-9-10(2)11(12)13-14/h9H,3-8H2,1-2H3. The highest BCUT2D eigenvalue weighted by Crippen LogP contribution is 2.09. The molecule has 14 heavy (non-hydrogen) atoms. The second-order valence-electron chi connectivity index (χ2n) is 3.78. The van der Waals surface area contributed by atoms with E-state index >= 15 is 0 Å². The van der Waals surface area contributed by atoms with Crippen LogP contribution >= 0.6 is 22.6 Å². The van der Waals surface area contributed by atoms with Crippen molar-refractivity contribution in [2.24, 2.45) is 0 Å². The van der Waals surface area contributed by atoms with E-state index in [-0.39, 0.29) is 0 Å². The van der Waals surface area contributed by atoms with E-state index in [9.17, 15) is 0 Å². The number of halogens is 1. The summed E-state index contributed by atoms with van der Waals surface area (Å²) in [5.41, 5.74) is 1.29. The first-order chi connectivity index (χ1) is 6.74. The maximum atomic E-state index is 4.43. The lowest BCUT2D eigenvalue weighted by molar-refractivity contribution is 0.531. The highest BCUT2D eigenvalue weighted by atomic mass is 127.